The molecule has 0 amide bonds. The van der Waals surface area contributed by atoms with Crippen molar-refractivity contribution in [1.29, 1.82) is 0 Å². The third-order valence-electron chi connectivity index (χ3n) is 2.70. The van der Waals surface area contributed by atoms with Crippen molar-refractivity contribution in [3.63, 3.8) is 0 Å². The molecule has 0 unspecified atom stereocenters. The van der Waals surface area contributed by atoms with Crippen LogP contribution in [0.2, 0.25) is 0 Å². The van der Waals surface area contributed by atoms with E-state index in [1.807, 2.05) is 6.92 Å². The summed E-state index contributed by atoms with van der Waals surface area (Å²) in [6.45, 7) is 7.41. The lowest BCUT2D eigenvalue weighted by atomic mass is 10.1. The Bertz CT molecular complexity index is 181. The molecule has 0 radical (unpaired) electrons. The highest BCUT2D eigenvalue weighted by atomic mass is 16.5. The smallest absolute Gasteiger partial charge is 0.146 e. The zero-order chi connectivity index (χ0) is 9.73. The van der Waals surface area contributed by atoms with Gasteiger partial charge in [-0.3, -0.25) is 4.48 Å². The van der Waals surface area contributed by atoms with E-state index in [1.165, 1.54) is 32.4 Å². The van der Waals surface area contributed by atoms with Crippen molar-refractivity contribution in [2.24, 2.45) is 0 Å². The molecule has 0 N–H and O–H groups in total. The standard InChI is InChI=1S/C11H22NO/c1-4-13-11(2)10-12(3)8-6-5-7-9-12/h10H,4-9H2,1-3H3/q+1. The van der Waals surface area contributed by atoms with Crippen LogP contribution in [0.3, 0.4) is 0 Å². The van der Waals surface area contributed by atoms with Crippen molar-refractivity contribution in [1.82, 2.24) is 0 Å². The molecule has 2 heteroatoms. The van der Waals surface area contributed by atoms with E-state index in [2.05, 4.69) is 20.2 Å². The van der Waals surface area contributed by atoms with E-state index in [4.69, 9.17) is 4.74 Å². The van der Waals surface area contributed by atoms with Crippen LogP contribution in [-0.2, 0) is 4.74 Å². The molecule has 0 aromatic heterocycles. The minimum atomic E-state index is 0.780. The number of hydrogen-bond donors (Lipinski definition) is 0. The Kier molecular flexibility index (Phi) is 3.79. The second-order valence-corrected chi connectivity index (χ2v) is 4.16. The van der Waals surface area contributed by atoms with Gasteiger partial charge in [-0.2, -0.15) is 0 Å². The predicted molar refractivity (Wildman–Crippen MR) is 55.2 cm³/mol. The highest BCUT2D eigenvalue weighted by Gasteiger charge is 2.22. The number of piperidine rings is 1. The number of hydrogen-bond acceptors (Lipinski definition) is 1. The molecule has 1 saturated heterocycles. The fourth-order valence-corrected chi connectivity index (χ4v) is 2.07. The minimum Gasteiger partial charge on any atom is -0.493 e. The first kappa shape index (κ1) is 10.6. The average Bonchev–Trinajstić information content (AvgIpc) is 2.04. The molecular weight excluding hydrogens is 162 g/mol. The number of likely N-dealkylation sites (tertiary alicyclic amines) is 1. The summed E-state index contributed by atoms with van der Waals surface area (Å²) in [6, 6.07) is 0. The molecule has 76 valence electrons. The lowest BCUT2D eigenvalue weighted by Gasteiger charge is -2.34. The largest absolute Gasteiger partial charge is 0.493 e. The molecule has 0 aliphatic carbocycles. The van der Waals surface area contributed by atoms with Gasteiger partial charge in [0.15, 0.2) is 0 Å². The van der Waals surface area contributed by atoms with Crippen LogP contribution in [0, 0.1) is 0 Å². The highest BCUT2D eigenvalue weighted by molar-refractivity contribution is 4.82. The molecule has 13 heavy (non-hydrogen) atoms. The summed E-state index contributed by atoms with van der Waals surface area (Å²) in [4.78, 5) is 0. The van der Waals surface area contributed by atoms with Gasteiger partial charge < -0.3 is 4.74 Å². The molecule has 1 rings (SSSR count). The Balaban J connectivity index is 2.52. The molecule has 0 saturated carbocycles. The maximum absolute atomic E-state index is 5.46. The number of nitrogens with zero attached hydrogens (tertiary/aromatic N) is 1. The molecule has 1 fully saturated rings. The van der Waals surface area contributed by atoms with Gasteiger partial charge in [0, 0.05) is 0 Å². The maximum atomic E-state index is 5.46. The van der Waals surface area contributed by atoms with E-state index >= 15 is 0 Å². The zero-order valence-corrected chi connectivity index (χ0v) is 9.18. The summed E-state index contributed by atoms with van der Waals surface area (Å²) in [5.41, 5.74) is 0. The van der Waals surface area contributed by atoms with Crippen LogP contribution in [0.5, 0.6) is 0 Å². The zero-order valence-electron chi connectivity index (χ0n) is 9.18. The summed E-state index contributed by atoms with van der Waals surface area (Å²) in [6.07, 6.45) is 6.37. The van der Waals surface area contributed by atoms with Gasteiger partial charge in [0.2, 0.25) is 0 Å². The third kappa shape index (κ3) is 3.39. The van der Waals surface area contributed by atoms with E-state index in [0.717, 1.165) is 16.8 Å². The Morgan fingerprint density at radius 2 is 1.92 bits per heavy atom. The van der Waals surface area contributed by atoms with E-state index in [9.17, 15) is 0 Å². The van der Waals surface area contributed by atoms with Gasteiger partial charge in [-0.1, -0.05) is 0 Å². The molecule has 1 aliphatic rings. The normalized spacial score (nSPS) is 22.8. The van der Waals surface area contributed by atoms with Crippen molar-refractivity contribution in [3.05, 3.63) is 12.0 Å². The Morgan fingerprint density at radius 3 is 2.46 bits per heavy atom. The molecule has 0 spiro atoms. The SMILES string of the molecule is CCOC(C)=C[N+]1(C)CCCCC1. The monoisotopic (exact) mass is 184 g/mol. The number of rotatable bonds is 3. The van der Waals surface area contributed by atoms with E-state index in [-0.39, 0.29) is 0 Å². The van der Waals surface area contributed by atoms with Crippen molar-refractivity contribution < 1.29 is 9.22 Å². The molecule has 1 aliphatic heterocycles. The number of allylic oxidation sites excluding steroid dienone is 1. The van der Waals surface area contributed by atoms with E-state index < -0.39 is 0 Å². The number of ether oxygens (including phenoxy) is 1. The molecule has 0 atom stereocenters. The quantitative estimate of drug-likeness (QED) is 0.484. The van der Waals surface area contributed by atoms with Gasteiger partial charge in [0.05, 0.1) is 26.7 Å². The van der Waals surface area contributed by atoms with Crippen LogP contribution >= 0.6 is 0 Å². The molecule has 2 nitrogen and oxygen atoms in total. The van der Waals surface area contributed by atoms with Crippen LogP contribution in [0.15, 0.2) is 12.0 Å². The van der Waals surface area contributed by atoms with Gasteiger partial charge in [-0.15, -0.1) is 0 Å². The molecule has 0 bridgehead atoms. The van der Waals surface area contributed by atoms with Crippen molar-refractivity contribution in [2.75, 3.05) is 26.7 Å². The summed E-state index contributed by atoms with van der Waals surface area (Å²) in [5.74, 6) is 1.08. The first-order valence-corrected chi connectivity index (χ1v) is 5.33. The van der Waals surface area contributed by atoms with Gasteiger partial charge in [0.25, 0.3) is 0 Å². The lowest BCUT2D eigenvalue weighted by molar-refractivity contribution is -0.865. The molecular formula is C11H22NO+. The third-order valence-corrected chi connectivity index (χ3v) is 2.70. The Labute approximate surface area is 81.8 Å². The average molecular weight is 184 g/mol. The first-order valence-electron chi connectivity index (χ1n) is 5.33. The van der Waals surface area contributed by atoms with E-state index in [0.29, 0.717) is 0 Å². The first-order chi connectivity index (χ1) is 6.16. The maximum Gasteiger partial charge on any atom is 0.146 e. The molecule has 1 heterocycles. The van der Waals surface area contributed by atoms with Crippen LogP contribution in [0.4, 0.5) is 0 Å². The lowest BCUT2D eigenvalue weighted by Crippen LogP contribution is -2.43. The summed E-state index contributed by atoms with van der Waals surface area (Å²) in [7, 11) is 2.29. The summed E-state index contributed by atoms with van der Waals surface area (Å²) < 4.78 is 6.52. The van der Waals surface area contributed by atoms with Gasteiger partial charge in [-0.25, -0.2) is 0 Å². The Morgan fingerprint density at radius 1 is 1.31 bits per heavy atom. The van der Waals surface area contributed by atoms with Crippen LogP contribution < -0.4 is 0 Å². The van der Waals surface area contributed by atoms with Gasteiger partial charge >= 0.3 is 0 Å². The summed E-state index contributed by atoms with van der Waals surface area (Å²) in [5, 5.41) is 0. The van der Waals surface area contributed by atoms with Crippen LogP contribution in [-0.4, -0.2) is 31.2 Å². The van der Waals surface area contributed by atoms with E-state index in [1.54, 1.807) is 0 Å². The molecule has 0 aromatic carbocycles. The minimum absolute atomic E-state index is 0.780. The predicted octanol–water partition coefficient (Wildman–Crippen LogP) is 2.51. The Hall–Kier alpha value is -0.500. The molecule has 0 aromatic rings. The van der Waals surface area contributed by atoms with Gasteiger partial charge in [-0.05, 0) is 33.1 Å². The number of quaternary nitrogens is 1. The van der Waals surface area contributed by atoms with Crippen LogP contribution in [0.25, 0.3) is 0 Å². The van der Waals surface area contributed by atoms with Gasteiger partial charge in [0.1, 0.15) is 12.0 Å². The fraction of sp³-hybridized carbons (Fsp3) is 0.818. The topological polar surface area (TPSA) is 9.23 Å². The summed E-state index contributed by atoms with van der Waals surface area (Å²) >= 11 is 0. The van der Waals surface area contributed by atoms with Crippen molar-refractivity contribution >= 4 is 0 Å². The fourth-order valence-electron chi connectivity index (χ4n) is 2.07. The second kappa shape index (κ2) is 4.66. The van der Waals surface area contributed by atoms with Crippen molar-refractivity contribution in [2.45, 2.75) is 33.1 Å². The van der Waals surface area contributed by atoms with Crippen LogP contribution in [0.1, 0.15) is 33.1 Å². The highest BCUT2D eigenvalue weighted by Crippen LogP contribution is 2.18. The van der Waals surface area contributed by atoms with Crippen molar-refractivity contribution in [3.8, 4) is 0 Å². The second-order valence-electron chi connectivity index (χ2n) is 4.16.